The first-order valence-corrected chi connectivity index (χ1v) is 7.78. The Labute approximate surface area is 127 Å². The Balaban J connectivity index is 2.24. The van der Waals surface area contributed by atoms with E-state index in [0.29, 0.717) is 12.8 Å². The van der Waals surface area contributed by atoms with Crippen LogP contribution < -0.4 is 10.2 Å². The fourth-order valence-electron chi connectivity index (χ4n) is 3.50. The molecule has 1 saturated carbocycles. The van der Waals surface area contributed by atoms with Crippen LogP contribution in [0.3, 0.4) is 0 Å². The van der Waals surface area contributed by atoms with E-state index in [1.165, 1.54) is 11.3 Å². The first-order chi connectivity index (χ1) is 10.0. The molecule has 21 heavy (non-hydrogen) atoms. The second-order valence-electron chi connectivity index (χ2n) is 6.01. The highest BCUT2D eigenvalue weighted by molar-refractivity contribution is 5.79. The molecule has 0 radical (unpaired) electrons. The Morgan fingerprint density at radius 2 is 2.29 bits per heavy atom. The number of likely N-dealkylation sites (N-methyl/N-ethyl adjacent to an activating group) is 1. The average Bonchev–Trinajstić information content (AvgIpc) is 2.48. The van der Waals surface area contributed by atoms with E-state index in [0.717, 1.165) is 19.4 Å². The zero-order valence-electron chi connectivity index (χ0n) is 13.2. The van der Waals surface area contributed by atoms with E-state index < -0.39 is 11.5 Å². The molecule has 2 rings (SSSR count). The fourth-order valence-corrected chi connectivity index (χ4v) is 3.50. The molecule has 4 nitrogen and oxygen atoms in total. The molecule has 1 aromatic rings. The van der Waals surface area contributed by atoms with E-state index >= 15 is 0 Å². The van der Waals surface area contributed by atoms with Crippen LogP contribution in [0.25, 0.3) is 0 Å². The van der Waals surface area contributed by atoms with Crippen molar-refractivity contribution < 1.29 is 9.90 Å². The zero-order valence-corrected chi connectivity index (χ0v) is 13.2. The van der Waals surface area contributed by atoms with Crippen LogP contribution in [0.1, 0.15) is 38.2 Å². The van der Waals surface area contributed by atoms with E-state index in [1.807, 2.05) is 0 Å². The maximum absolute atomic E-state index is 11.7. The van der Waals surface area contributed by atoms with Crippen molar-refractivity contribution in [3.05, 3.63) is 29.8 Å². The van der Waals surface area contributed by atoms with Gasteiger partial charge in [-0.25, -0.2) is 0 Å². The number of hydrogen-bond acceptors (Lipinski definition) is 3. The third kappa shape index (κ3) is 3.21. The van der Waals surface area contributed by atoms with Crippen molar-refractivity contribution in [2.45, 2.75) is 51.1 Å². The maximum Gasteiger partial charge on any atom is 0.323 e. The van der Waals surface area contributed by atoms with Crippen LogP contribution in [-0.2, 0) is 4.79 Å². The topological polar surface area (TPSA) is 52.6 Å². The van der Waals surface area contributed by atoms with Crippen molar-refractivity contribution in [1.82, 2.24) is 5.32 Å². The van der Waals surface area contributed by atoms with Gasteiger partial charge in [-0.2, -0.15) is 0 Å². The molecule has 1 aromatic carbocycles. The van der Waals surface area contributed by atoms with Crippen molar-refractivity contribution >= 4 is 11.7 Å². The predicted octanol–water partition coefficient (Wildman–Crippen LogP) is 2.81. The van der Waals surface area contributed by atoms with Gasteiger partial charge >= 0.3 is 5.97 Å². The third-order valence-corrected chi connectivity index (χ3v) is 4.73. The minimum Gasteiger partial charge on any atom is -0.480 e. The molecule has 4 heteroatoms. The van der Waals surface area contributed by atoms with Crippen LogP contribution in [0.15, 0.2) is 24.3 Å². The lowest BCUT2D eigenvalue weighted by Crippen LogP contribution is -2.57. The summed E-state index contributed by atoms with van der Waals surface area (Å²) in [4.78, 5) is 14.0. The Bertz CT molecular complexity index is 503. The summed E-state index contributed by atoms with van der Waals surface area (Å²) in [5, 5.41) is 12.7. The molecule has 0 amide bonds. The van der Waals surface area contributed by atoms with Crippen molar-refractivity contribution in [3.8, 4) is 0 Å². The summed E-state index contributed by atoms with van der Waals surface area (Å²) in [6, 6.07) is 8.73. The second-order valence-corrected chi connectivity index (χ2v) is 6.01. The van der Waals surface area contributed by atoms with Crippen molar-refractivity contribution in [2.24, 2.45) is 0 Å². The van der Waals surface area contributed by atoms with Crippen molar-refractivity contribution in [2.75, 3.05) is 18.5 Å². The minimum atomic E-state index is -0.778. The van der Waals surface area contributed by atoms with Crippen LogP contribution in [-0.4, -0.2) is 36.2 Å². The SMILES string of the molecule is CCN(c1cccc(C)c1)C1CCCC(NC)(C(=O)O)C1. The number of nitrogens with zero attached hydrogens (tertiary/aromatic N) is 1. The first-order valence-electron chi connectivity index (χ1n) is 7.78. The van der Waals surface area contributed by atoms with Gasteiger partial charge in [0.15, 0.2) is 0 Å². The summed E-state index contributed by atoms with van der Waals surface area (Å²) in [7, 11) is 1.76. The molecule has 0 bridgehead atoms. The van der Waals surface area contributed by atoms with Crippen molar-refractivity contribution in [1.29, 1.82) is 0 Å². The smallest absolute Gasteiger partial charge is 0.323 e. The first kappa shape index (κ1) is 15.8. The summed E-state index contributed by atoms with van der Waals surface area (Å²) in [5.41, 5.74) is 1.65. The highest BCUT2D eigenvalue weighted by Gasteiger charge is 2.43. The maximum atomic E-state index is 11.7. The third-order valence-electron chi connectivity index (χ3n) is 4.73. The normalized spacial score (nSPS) is 25.6. The molecule has 0 aliphatic heterocycles. The number of anilines is 1. The number of aliphatic carboxylic acids is 1. The van der Waals surface area contributed by atoms with Gasteiger partial charge in [0.05, 0.1) is 0 Å². The summed E-state index contributed by atoms with van der Waals surface area (Å²) < 4.78 is 0. The van der Waals surface area contributed by atoms with Gasteiger partial charge in [0.25, 0.3) is 0 Å². The lowest BCUT2D eigenvalue weighted by atomic mass is 9.78. The highest BCUT2D eigenvalue weighted by atomic mass is 16.4. The molecule has 0 spiro atoms. The van der Waals surface area contributed by atoms with E-state index in [2.05, 4.69) is 48.3 Å². The lowest BCUT2D eigenvalue weighted by Gasteiger charge is -2.43. The Hall–Kier alpha value is -1.55. The molecule has 0 heterocycles. The number of carboxylic acids is 1. The summed E-state index contributed by atoms with van der Waals surface area (Å²) in [6.45, 7) is 5.12. The molecule has 0 saturated heterocycles. The fraction of sp³-hybridized carbons (Fsp3) is 0.588. The quantitative estimate of drug-likeness (QED) is 0.875. The number of hydrogen-bond donors (Lipinski definition) is 2. The molecule has 0 aromatic heterocycles. The molecular weight excluding hydrogens is 264 g/mol. The van der Waals surface area contributed by atoms with Gasteiger partial charge in [0, 0.05) is 18.3 Å². The molecule has 1 fully saturated rings. The van der Waals surface area contributed by atoms with Crippen LogP contribution >= 0.6 is 0 Å². The van der Waals surface area contributed by atoms with Gasteiger partial charge in [0.2, 0.25) is 0 Å². The van der Waals surface area contributed by atoms with Gasteiger partial charge < -0.3 is 15.3 Å². The summed E-state index contributed by atoms with van der Waals surface area (Å²) >= 11 is 0. The van der Waals surface area contributed by atoms with Gasteiger partial charge in [0.1, 0.15) is 5.54 Å². The summed E-state index contributed by atoms with van der Waals surface area (Å²) in [6.07, 6.45) is 3.36. The molecule has 2 atom stereocenters. The molecule has 1 aliphatic rings. The Morgan fingerprint density at radius 1 is 1.52 bits per heavy atom. The second kappa shape index (κ2) is 6.48. The number of carboxylic acid groups (broad SMARTS) is 1. The van der Waals surface area contributed by atoms with E-state index in [9.17, 15) is 9.90 Å². The largest absolute Gasteiger partial charge is 0.480 e. The molecular formula is C17H26N2O2. The standard InChI is InChI=1S/C17H26N2O2/c1-4-19(14-8-5-7-13(2)11-14)15-9-6-10-17(12-15,18-3)16(20)21/h5,7-8,11,15,18H,4,6,9-10,12H2,1-3H3,(H,20,21). The predicted molar refractivity (Wildman–Crippen MR) is 85.9 cm³/mol. The number of rotatable bonds is 5. The van der Waals surface area contributed by atoms with Gasteiger partial charge in [-0.3, -0.25) is 4.79 Å². The van der Waals surface area contributed by atoms with Gasteiger partial charge in [-0.15, -0.1) is 0 Å². The number of benzene rings is 1. The lowest BCUT2D eigenvalue weighted by molar-refractivity contribution is -0.146. The van der Waals surface area contributed by atoms with Gasteiger partial charge in [-0.05, 0) is 64.3 Å². The Morgan fingerprint density at radius 3 is 2.86 bits per heavy atom. The number of carbonyl (C=O) groups is 1. The summed E-state index contributed by atoms with van der Waals surface area (Å²) in [5.74, 6) is -0.727. The van der Waals surface area contributed by atoms with Crippen molar-refractivity contribution in [3.63, 3.8) is 0 Å². The molecule has 1 aliphatic carbocycles. The highest BCUT2D eigenvalue weighted by Crippen LogP contribution is 2.33. The van der Waals surface area contributed by atoms with Crippen LogP contribution in [0.4, 0.5) is 5.69 Å². The van der Waals surface area contributed by atoms with E-state index in [-0.39, 0.29) is 6.04 Å². The van der Waals surface area contributed by atoms with Gasteiger partial charge in [-0.1, -0.05) is 12.1 Å². The zero-order chi connectivity index (χ0) is 15.5. The Kier molecular flexibility index (Phi) is 4.88. The average molecular weight is 290 g/mol. The molecule has 2 N–H and O–H groups in total. The monoisotopic (exact) mass is 290 g/mol. The van der Waals surface area contributed by atoms with E-state index in [4.69, 9.17) is 0 Å². The van der Waals surface area contributed by atoms with Crippen LogP contribution in [0, 0.1) is 6.92 Å². The molecule has 116 valence electrons. The minimum absolute atomic E-state index is 0.272. The van der Waals surface area contributed by atoms with Crippen LogP contribution in [0.2, 0.25) is 0 Å². The van der Waals surface area contributed by atoms with Crippen LogP contribution in [0.5, 0.6) is 0 Å². The number of aryl methyl sites for hydroxylation is 1. The number of nitrogens with one attached hydrogen (secondary N) is 1. The molecule has 2 unspecified atom stereocenters. The van der Waals surface area contributed by atoms with E-state index in [1.54, 1.807) is 7.05 Å².